The highest BCUT2D eigenvalue weighted by Crippen LogP contribution is 2.32. The maximum atomic E-state index is 12.7. The van der Waals surface area contributed by atoms with Gasteiger partial charge < -0.3 is 24.8 Å². The van der Waals surface area contributed by atoms with Crippen LogP contribution in [-0.2, 0) is 7.05 Å². The second-order valence-electron chi connectivity index (χ2n) is 8.25. The van der Waals surface area contributed by atoms with Crippen LogP contribution in [0.4, 0.5) is 11.5 Å². The minimum absolute atomic E-state index is 0.0469. The van der Waals surface area contributed by atoms with Crippen LogP contribution in [-0.4, -0.2) is 58.6 Å². The zero-order chi connectivity index (χ0) is 22.5. The van der Waals surface area contributed by atoms with E-state index in [1.54, 1.807) is 6.07 Å². The van der Waals surface area contributed by atoms with Crippen molar-refractivity contribution in [3.63, 3.8) is 0 Å². The van der Waals surface area contributed by atoms with Crippen LogP contribution in [0.2, 0.25) is 0 Å². The number of amides is 1. The molecule has 8 heteroatoms. The number of nitrogens with zero attached hydrogens (tertiary/aromatic N) is 4. The summed E-state index contributed by atoms with van der Waals surface area (Å²) in [7, 11) is 5.89. The van der Waals surface area contributed by atoms with E-state index in [1.165, 1.54) is 6.33 Å². The average molecular weight is 425 g/mol. The molecule has 0 aliphatic heterocycles. The Hall–Kier alpha value is -3.13. The maximum Gasteiger partial charge on any atom is 0.267 e. The van der Waals surface area contributed by atoms with Gasteiger partial charge in [0, 0.05) is 13.6 Å². The summed E-state index contributed by atoms with van der Waals surface area (Å²) in [6.45, 7) is 7.56. The standard InChI is InChI=1S/C23H32N6O2/c1-15(2)31-20-12-16(3)8-9-17(20)27-22-21-18(25-14-26-22)13-19(29(21)6)23(30)24-10-7-11-28(4)5/h8-9,12-15H,7,10-11H2,1-6H3,(H,24,30)(H,25,26,27). The smallest absolute Gasteiger partial charge is 0.267 e. The van der Waals surface area contributed by atoms with Gasteiger partial charge in [-0.05, 0) is 71.6 Å². The van der Waals surface area contributed by atoms with Gasteiger partial charge in [-0.3, -0.25) is 4.79 Å². The molecular weight excluding hydrogens is 392 g/mol. The third kappa shape index (κ3) is 5.52. The molecule has 3 aromatic rings. The zero-order valence-corrected chi connectivity index (χ0v) is 19.2. The van der Waals surface area contributed by atoms with E-state index in [0.29, 0.717) is 23.6 Å². The molecule has 0 aliphatic carbocycles. The van der Waals surface area contributed by atoms with Crippen LogP contribution in [0.5, 0.6) is 5.75 Å². The molecule has 0 atom stereocenters. The molecule has 1 aromatic carbocycles. The van der Waals surface area contributed by atoms with Crippen molar-refractivity contribution in [1.29, 1.82) is 0 Å². The van der Waals surface area contributed by atoms with Crippen LogP contribution in [0.1, 0.15) is 36.3 Å². The van der Waals surface area contributed by atoms with Crippen molar-refractivity contribution in [1.82, 2.24) is 24.8 Å². The highest BCUT2D eigenvalue weighted by atomic mass is 16.5. The lowest BCUT2D eigenvalue weighted by molar-refractivity contribution is 0.0944. The van der Waals surface area contributed by atoms with Crippen LogP contribution in [0.3, 0.4) is 0 Å². The highest BCUT2D eigenvalue weighted by Gasteiger charge is 2.18. The van der Waals surface area contributed by atoms with Gasteiger partial charge in [0.25, 0.3) is 5.91 Å². The fourth-order valence-electron chi connectivity index (χ4n) is 3.38. The Balaban J connectivity index is 1.88. The van der Waals surface area contributed by atoms with Gasteiger partial charge in [0.05, 0.1) is 17.3 Å². The van der Waals surface area contributed by atoms with Crippen molar-refractivity contribution in [3.8, 4) is 5.75 Å². The number of carbonyl (C=O) groups is 1. The van der Waals surface area contributed by atoms with Crippen molar-refractivity contribution in [2.45, 2.75) is 33.3 Å². The van der Waals surface area contributed by atoms with Crippen molar-refractivity contribution < 1.29 is 9.53 Å². The summed E-state index contributed by atoms with van der Waals surface area (Å²) in [6, 6.07) is 7.79. The SMILES string of the molecule is Cc1ccc(Nc2ncnc3cc(C(=O)NCCCN(C)C)n(C)c23)c(OC(C)C)c1. The molecule has 166 valence electrons. The Morgan fingerprint density at radius 2 is 2.00 bits per heavy atom. The normalized spacial score (nSPS) is 11.4. The number of carbonyl (C=O) groups excluding carboxylic acids is 1. The predicted octanol–water partition coefficient (Wildman–Crippen LogP) is 3.49. The molecule has 31 heavy (non-hydrogen) atoms. The quantitative estimate of drug-likeness (QED) is 0.512. The van der Waals surface area contributed by atoms with Crippen LogP contribution >= 0.6 is 0 Å². The molecule has 0 bridgehead atoms. The van der Waals surface area contributed by atoms with Crippen molar-refractivity contribution in [2.75, 3.05) is 32.5 Å². The lowest BCUT2D eigenvalue weighted by Gasteiger charge is -2.16. The van der Waals surface area contributed by atoms with E-state index < -0.39 is 0 Å². The number of hydrogen-bond donors (Lipinski definition) is 2. The minimum Gasteiger partial charge on any atom is -0.489 e. The first kappa shape index (κ1) is 22.6. The van der Waals surface area contributed by atoms with Gasteiger partial charge in [-0.1, -0.05) is 6.07 Å². The van der Waals surface area contributed by atoms with Crippen molar-refractivity contribution >= 4 is 28.4 Å². The van der Waals surface area contributed by atoms with Crippen LogP contribution in [0.25, 0.3) is 11.0 Å². The summed E-state index contributed by atoms with van der Waals surface area (Å²) >= 11 is 0. The largest absolute Gasteiger partial charge is 0.489 e. The van der Waals surface area contributed by atoms with E-state index in [-0.39, 0.29) is 12.0 Å². The minimum atomic E-state index is -0.121. The number of hydrogen-bond acceptors (Lipinski definition) is 6. The summed E-state index contributed by atoms with van der Waals surface area (Å²) in [4.78, 5) is 23.6. The third-order valence-corrected chi connectivity index (χ3v) is 4.87. The summed E-state index contributed by atoms with van der Waals surface area (Å²) < 4.78 is 7.81. The van der Waals surface area contributed by atoms with E-state index in [1.807, 2.05) is 64.7 Å². The molecular formula is C23H32N6O2. The molecule has 3 rings (SSSR count). The number of anilines is 2. The lowest BCUT2D eigenvalue weighted by atomic mass is 10.2. The predicted molar refractivity (Wildman–Crippen MR) is 124 cm³/mol. The van der Waals surface area contributed by atoms with Crippen LogP contribution in [0, 0.1) is 6.92 Å². The van der Waals surface area contributed by atoms with Gasteiger partial charge in [-0.25, -0.2) is 9.97 Å². The Morgan fingerprint density at radius 3 is 2.71 bits per heavy atom. The van der Waals surface area contributed by atoms with Gasteiger partial charge in [-0.15, -0.1) is 0 Å². The topological polar surface area (TPSA) is 84.3 Å². The molecule has 0 radical (unpaired) electrons. The van der Waals surface area contributed by atoms with E-state index in [9.17, 15) is 4.79 Å². The van der Waals surface area contributed by atoms with Crippen molar-refractivity contribution in [2.24, 2.45) is 7.05 Å². The van der Waals surface area contributed by atoms with Gasteiger partial charge in [0.15, 0.2) is 5.82 Å². The summed E-state index contributed by atoms with van der Waals surface area (Å²) in [5.41, 5.74) is 3.94. The Kier molecular flexibility index (Phi) is 7.12. The first-order valence-corrected chi connectivity index (χ1v) is 10.5. The second kappa shape index (κ2) is 9.78. The zero-order valence-electron chi connectivity index (χ0n) is 19.2. The number of fused-ring (bicyclic) bond motifs is 1. The van der Waals surface area contributed by atoms with Gasteiger partial charge in [-0.2, -0.15) is 0 Å². The summed E-state index contributed by atoms with van der Waals surface area (Å²) in [5.74, 6) is 1.26. The Bertz CT molecular complexity index is 1060. The Morgan fingerprint density at radius 1 is 1.23 bits per heavy atom. The van der Waals surface area contributed by atoms with E-state index in [4.69, 9.17) is 4.74 Å². The molecule has 0 saturated carbocycles. The molecule has 2 N–H and O–H groups in total. The molecule has 0 unspecified atom stereocenters. The number of aromatic nitrogens is 3. The molecule has 0 aliphatic rings. The highest BCUT2D eigenvalue weighted by molar-refractivity contribution is 6.00. The number of ether oxygens (including phenoxy) is 1. The molecule has 8 nitrogen and oxygen atoms in total. The maximum absolute atomic E-state index is 12.7. The van der Waals surface area contributed by atoms with Crippen molar-refractivity contribution in [3.05, 3.63) is 41.9 Å². The van der Waals surface area contributed by atoms with Gasteiger partial charge in [0.1, 0.15) is 23.3 Å². The van der Waals surface area contributed by atoms with Crippen LogP contribution in [0.15, 0.2) is 30.6 Å². The summed E-state index contributed by atoms with van der Waals surface area (Å²) in [5, 5.41) is 6.36. The molecule has 0 saturated heterocycles. The average Bonchev–Trinajstić information content (AvgIpc) is 3.04. The molecule has 0 spiro atoms. The van der Waals surface area contributed by atoms with Crippen LogP contribution < -0.4 is 15.4 Å². The monoisotopic (exact) mass is 424 g/mol. The third-order valence-electron chi connectivity index (χ3n) is 4.87. The van der Waals surface area contributed by atoms with E-state index in [0.717, 1.165) is 35.5 Å². The number of benzene rings is 1. The Labute approximate surface area is 183 Å². The fraction of sp³-hybridized carbons (Fsp3) is 0.435. The number of aryl methyl sites for hydroxylation is 2. The fourth-order valence-corrected chi connectivity index (χ4v) is 3.38. The molecule has 2 aromatic heterocycles. The summed E-state index contributed by atoms with van der Waals surface area (Å²) in [6.07, 6.45) is 2.44. The first-order valence-electron chi connectivity index (χ1n) is 10.5. The molecule has 1 amide bonds. The van der Waals surface area contributed by atoms with Gasteiger partial charge >= 0.3 is 0 Å². The van der Waals surface area contributed by atoms with Gasteiger partial charge in [0.2, 0.25) is 0 Å². The van der Waals surface area contributed by atoms with E-state index in [2.05, 4.69) is 25.5 Å². The van der Waals surface area contributed by atoms with E-state index >= 15 is 0 Å². The molecule has 2 heterocycles. The number of nitrogens with one attached hydrogen (secondary N) is 2. The molecule has 0 fully saturated rings. The lowest BCUT2D eigenvalue weighted by Crippen LogP contribution is -2.28. The number of rotatable bonds is 9. The second-order valence-corrected chi connectivity index (χ2v) is 8.25. The first-order chi connectivity index (χ1) is 14.8.